The van der Waals surface area contributed by atoms with Gasteiger partial charge in [0, 0.05) is 16.6 Å². The Balaban J connectivity index is 2.46. The number of nitrogens with two attached hydrogens (primary N) is 1. The second-order valence-corrected chi connectivity index (χ2v) is 5.29. The van der Waals surface area contributed by atoms with Crippen LogP contribution in [0.3, 0.4) is 0 Å². The maximum Gasteiger partial charge on any atom is 0.123 e. The molecule has 2 N–H and O–H groups in total. The highest BCUT2D eigenvalue weighted by molar-refractivity contribution is 6.29. The van der Waals surface area contributed by atoms with Crippen molar-refractivity contribution in [3.05, 3.63) is 53.6 Å². The molecule has 0 spiro atoms. The highest BCUT2D eigenvalue weighted by Crippen LogP contribution is 2.29. The maximum absolute atomic E-state index is 5.94. The summed E-state index contributed by atoms with van der Waals surface area (Å²) in [6.45, 7) is 5.94. The van der Waals surface area contributed by atoms with Crippen LogP contribution in [0.5, 0.6) is 5.75 Å². The van der Waals surface area contributed by atoms with E-state index in [1.54, 1.807) is 0 Å². The zero-order valence-electron chi connectivity index (χ0n) is 11.0. The van der Waals surface area contributed by atoms with Gasteiger partial charge < -0.3 is 10.5 Å². The molecule has 2 aromatic carbocycles. The molecule has 2 rings (SSSR count). The number of rotatable bonds is 5. The minimum Gasteiger partial charge on any atom is -0.488 e. The van der Waals surface area contributed by atoms with Gasteiger partial charge in [-0.25, -0.2) is 0 Å². The van der Waals surface area contributed by atoms with E-state index in [0.29, 0.717) is 11.6 Å². The Morgan fingerprint density at radius 1 is 1.32 bits per heavy atom. The van der Waals surface area contributed by atoms with Gasteiger partial charge in [0.1, 0.15) is 12.4 Å². The minimum absolute atomic E-state index is 0.0763. The Morgan fingerprint density at radius 3 is 2.74 bits per heavy atom. The Bertz CT molecular complexity index is 592. The van der Waals surface area contributed by atoms with Gasteiger partial charge in [0.25, 0.3) is 0 Å². The topological polar surface area (TPSA) is 35.2 Å². The van der Waals surface area contributed by atoms with E-state index in [1.807, 2.05) is 31.2 Å². The summed E-state index contributed by atoms with van der Waals surface area (Å²) < 4.78 is 5.72. The fraction of sp³-hybridized carbons (Fsp3) is 0.250. The van der Waals surface area contributed by atoms with Crippen LogP contribution in [0.25, 0.3) is 10.8 Å². The first-order valence-corrected chi connectivity index (χ1v) is 6.68. The molecule has 0 saturated heterocycles. The first-order chi connectivity index (χ1) is 9.08. The SMILES string of the molecule is C=C(Cl)COc1ccc2ccccc2c1CC(C)N. The van der Waals surface area contributed by atoms with Crippen molar-refractivity contribution >= 4 is 22.4 Å². The number of hydrogen-bond donors (Lipinski definition) is 1. The number of hydrogen-bond acceptors (Lipinski definition) is 2. The van der Waals surface area contributed by atoms with Crippen LogP contribution in [-0.2, 0) is 6.42 Å². The van der Waals surface area contributed by atoms with E-state index in [4.69, 9.17) is 22.1 Å². The van der Waals surface area contributed by atoms with Crippen LogP contribution in [0.15, 0.2) is 48.0 Å². The summed E-state index contributed by atoms with van der Waals surface area (Å²) in [6, 6.07) is 12.3. The third kappa shape index (κ3) is 3.49. The lowest BCUT2D eigenvalue weighted by Gasteiger charge is -2.15. The molecule has 0 fully saturated rings. The second-order valence-electron chi connectivity index (χ2n) is 4.75. The van der Waals surface area contributed by atoms with Gasteiger partial charge in [-0.05, 0) is 30.2 Å². The summed E-state index contributed by atoms with van der Waals surface area (Å²) in [5.74, 6) is 0.831. The van der Waals surface area contributed by atoms with E-state index in [0.717, 1.165) is 17.7 Å². The second kappa shape index (κ2) is 6.09. The van der Waals surface area contributed by atoms with Crippen molar-refractivity contribution < 1.29 is 4.74 Å². The van der Waals surface area contributed by atoms with Crippen molar-refractivity contribution in [2.45, 2.75) is 19.4 Å². The highest BCUT2D eigenvalue weighted by atomic mass is 35.5. The summed E-state index contributed by atoms with van der Waals surface area (Å²) in [5.41, 5.74) is 7.07. The van der Waals surface area contributed by atoms with Crippen molar-refractivity contribution in [3.8, 4) is 5.75 Å². The van der Waals surface area contributed by atoms with Crippen molar-refractivity contribution in [1.29, 1.82) is 0 Å². The van der Waals surface area contributed by atoms with Gasteiger partial charge in [-0.15, -0.1) is 0 Å². The zero-order chi connectivity index (χ0) is 13.8. The molecule has 0 bridgehead atoms. The van der Waals surface area contributed by atoms with Crippen molar-refractivity contribution in [1.82, 2.24) is 0 Å². The summed E-state index contributed by atoms with van der Waals surface area (Å²) in [4.78, 5) is 0. The van der Waals surface area contributed by atoms with Crippen LogP contribution in [-0.4, -0.2) is 12.6 Å². The molecule has 0 radical (unpaired) electrons. The lowest BCUT2D eigenvalue weighted by Crippen LogP contribution is -2.18. The Hall–Kier alpha value is -1.51. The number of benzene rings is 2. The lowest BCUT2D eigenvalue weighted by atomic mass is 9.98. The molecule has 1 atom stereocenters. The molecular formula is C16H18ClNO. The Labute approximate surface area is 118 Å². The molecule has 0 aliphatic heterocycles. The summed E-state index contributed by atoms with van der Waals surface area (Å²) in [6.07, 6.45) is 0.769. The van der Waals surface area contributed by atoms with E-state index >= 15 is 0 Å². The van der Waals surface area contributed by atoms with Crippen molar-refractivity contribution in [3.63, 3.8) is 0 Å². The summed E-state index contributed by atoms with van der Waals surface area (Å²) in [7, 11) is 0. The predicted molar refractivity (Wildman–Crippen MR) is 81.8 cm³/mol. The highest BCUT2D eigenvalue weighted by Gasteiger charge is 2.10. The minimum atomic E-state index is 0.0763. The molecule has 0 saturated carbocycles. The smallest absolute Gasteiger partial charge is 0.123 e. The third-order valence-electron chi connectivity index (χ3n) is 2.91. The van der Waals surface area contributed by atoms with Crippen LogP contribution in [0.2, 0.25) is 0 Å². The predicted octanol–water partition coefficient (Wildman–Crippen LogP) is 3.86. The number of fused-ring (bicyclic) bond motifs is 1. The molecule has 0 aliphatic rings. The van der Waals surface area contributed by atoms with Gasteiger partial charge in [-0.2, -0.15) is 0 Å². The summed E-state index contributed by atoms with van der Waals surface area (Å²) in [5, 5.41) is 2.85. The maximum atomic E-state index is 5.94. The van der Waals surface area contributed by atoms with Crippen LogP contribution in [0.1, 0.15) is 12.5 Å². The molecule has 0 amide bonds. The fourth-order valence-electron chi connectivity index (χ4n) is 2.14. The van der Waals surface area contributed by atoms with E-state index < -0.39 is 0 Å². The average Bonchev–Trinajstić information content (AvgIpc) is 2.37. The molecule has 2 aromatic rings. The van der Waals surface area contributed by atoms with Crippen molar-refractivity contribution in [2.75, 3.05) is 6.61 Å². The van der Waals surface area contributed by atoms with Gasteiger partial charge in [0.05, 0.1) is 0 Å². The molecular weight excluding hydrogens is 258 g/mol. The first kappa shape index (κ1) is 13.9. The quantitative estimate of drug-likeness (QED) is 0.899. The van der Waals surface area contributed by atoms with Crippen LogP contribution in [0.4, 0.5) is 0 Å². The van der Waals surface area contributed by atoms with Crippen LogP contribution in [0, 0.1) is 0 Å². The van der Waals surface area contributed by atoms with Gasteiger partial charge in [-0.1, -0.05) is 48.5 Å². The first-order valence-electron chi connectivity index (χ1n) is 6.30. The molecule has 100 valence electrons. The number of ether oxygens (including phenoxy) is 1. The van der Waals surface area contributed by atoms with Gasteiger partial charge in [0.15, 0.2) is 0 Å². The van der Waals surface area contributed by atoms with Gasteiger partial charge in [0.2, 0.25) is 0 Å². The molecule has 0 aliphatic carbocycles. The van der Waals surface area contributed by atoms with Gasteiger partial charge in [-0.3, -0.25) is 0 Å². The monoisotopic (exact) mass is 275 g/mol. The normalized spacial score (nSPS) is 12.4. The molecule has 2 nitrogen and oxygen atoms in total. The van der Waals surface area contributed by atoms with Crippen LogP contribution < -0.4 is 10.5 Å². The van der Waals surface area contributed by atoms with Gasteiger partial charge >= 0.3 is 0 Å². The van der Waals surface area contributed by atoms with E-state index in [9.17, 15) is 0 Å². The standard InChI is InChI=1S/C16H18ClNO/c1-11(17)10-19-16-8-7-13-5-3-4-6-14(13)15(16)9-12(2)18/h3-8,12H,1,9-10,18H2,2H3. The van der Waals surface area contributed by atoms with E-state index in [1.165, 1.54) is 10.8 Å². The molecule has 0 aromatic heterocycles. The van der Waals surface area contributed by atoms with Crippen molar-refractivity contribution in [2.24, 2.45) is 5.73 Å². The largest absolute Gasteiger partial charge is 0.488 e. The average molecular weight is 276 g/mol. The van der Waals surface area contributed by atoms with E-state index in [2.05, 4.69) is 18.7 Å². The molecule has 0 heterocycles. The Kier molecular flexibility index (Phi) is 4.46. The van der Waals surface area contributed by atoms with Crippen LogP contribution >= 0.6 is 11.6 Å². The Morgan fingerprint density at radius 2 is 2.05 bits per heavy atom. The zero-order valence-corrected chi connectivity index (χ0v) is 11.8. The summed E-state index contributed by atoms with van der Waals surface area (Å²) >= 11 is 5.76. The molecule has 3 heteroatoms. The fourth-order valence-corrected chi connectivity index (χ4v) is 2.19. The molecule has 1 unspecified atom stereocenters. The lowest BCUT2D eigenvalue weighted by molar-refractivity contribution is 0.355. The third-order valence-corrected chi connectivity index (χ3v) is 3.02. The molecule has 19 heavy (non-hydrogen) atoms. The number of halogens is 1. The van der Waals surface area contributed by atoms with E-state index in [-0.39, 0.29) is 6.04 Å².